The van der Waals surface area contributed by atoms with Crippen LogP contribution in [0.2, 0.25) is 0 Å². The number of carbonyl (C=O) groups is 1. The van der Waals surface area contributed by atoms with Crippen LogP contribution in [0.5, 0.6) is 0 Å². The fraction of sp³-hybridized carbons (Fsp3) is 0.154. The molecule has 1 aromatic heterocycles. The van der Waals surface area contributed by atoms with E-state index in [1.54, 1.807) is 25.1 Å². The number of thioether (sulfide) groups is 1. The van der Waals surface area contributed by atoms with Crippen molar-refractivity contribution in [1.29, 1.82) is 0 Å². The van der Waals surface area contributed by atoms with Crippen LogP contribution >= 0.6 is 11.8 Å². The second-order valence-corrected chi connectivity index (χ2v) is 4.73. The van der Waals surface area contributed by atoms with Crippen molar-refractivity contribution in [2.75, 3.05) is 0 Å². The lowest BCUT2D eigenvalue weighted by molar-refractivity contribution is 0.0661. The van der Waals surface area contributed by atoms with Gasteiger partial charge in [-0.15, -0.1) is 11.8 Å². The minimum atomic E-state index is -1.10. The molecule has 0 aliphatic rings. The van der Waals surface area contributed by atoms with Crippen molar-refractivity contribution < 1.29 is 18.7 Å². The highest BCUT2D eigenvalue weighted by Crippen LogP contribution is 2.27. The number of furan rings is 1. The Bertz CT molecular complexity index is 577. The predicted molar refractivity (Wildman–Crippen MR) is 66.4 cm³/mol. The molecule has 0 unspecified atom stereocenters. The molecule has 0 spiro atoms. The van der Waals surface area contributed by atoms with Gasteiger partial charge in [0.05, 0.1) is 0 Å². The molecule has 0 aliphatic heterocycles. The van der Waals surface area contributed by atoms with Crippen molar-refractivity contribution in [3.05, 3.63) is 53.2 Å². The second kappa shape index (κ2) is 5.27. The van der Waals surface area contributed by atoms with E-state index in [4.69, 9.17) is 9.52 Å². The van der Waals surface area contributed by atoms with E-state index >= 15 is 0 Å². The molecule has 5 heteroatoms. The monoisotopic (exact) mass is 266 g/mol. The number of halogens is 1. The summed E-state index contributed by atoms with van der Waals surface area (Å²) in [4.78, 5) is 11.3. The van der Waals surface area contributed by atoms with Gasteiger partial charge in [-0.1, -0.05) is 12.1 Å². The van der Waals surface area contributed by atoms with Crippen molar-refractivity contribution >= 4 is 17.7 Å². The lowest BCUT2D eigenvalue weighted by atomic mass is 10.3. The zero-order valence-corrected chi connectivity index (χ0v) is 10.5. The van der Waals surface area contributed by atoms with Gasteiger partial charge in [-0.2, -0.15) is 0 Å². The van der Waals surface area contributed by atoms with Gasteiger partial charge in [-0.3, -0.25) is 0 Å². The standard InChI is InChI=1S/C13H11FO3S/c1-8-9(6-11(17-8)13(15)16)7-18-12-5-3-2-4-10(12)14/h2-6H,7H2,1H3,(H,15,16). The summed E-state index contributed by atoms with van der Waals surface area (Å²) in [6.07, 6.45) is 0. The number of hydrogen-bond acceptors (Lipinski definition) is 3. The fourth-order valence-electron chi connectivity index (χ4n) is 1.49. The molecule has 1 heterocycles. The molecule has 1 N–H and O–H groups in total. The summed E-state index contributed by atoms with van der Waals surface area (Å²) < 4.78 is 18.5. The third-order valence-electron chi connectivity index (χ3n) is 2.45. The van der Waals surface area contributed by atoms with Gasteiger partial charge in [0.2, 0.25) is 5.76 Å². The number of aryl methyl sites for hydroxylation is 1. The van der Waals surface area contributed by atoms with E-state index in [0.29, 0.717) is 16.4 Å². The van der Waals surface area contributed by atoms with Gasteiger partial charge in [0.1, 0.15) is 11.6 Å². The second-order valence-electron chi connectivity index (χ2n) is 3.72. The van der Waals surface area contributed by atoms with Gasteiger partial charge in [-0.05, 0) is 25.1 Å². The molecular weight excluding hydrogens is 255 g/mol. The average Bonchev–Trinajstić information content (AvgIpc) is 2.70. The smallest absolute Gasteiger partial charge is 0.371 e. The molecule has 18 heavy (non-hydrogen) atoms. The first kappa shape index (κ1) is 12.7. The van der Waals surface area contributed by atoms with Crippen molar-refractivity contribution in [2.45, 2.75) is 17.6 Å². The molecular formula is C13H11FO3S. The largest absolute Gasteiger partial charge is 0.475 e. The molecule has 94 valence electrons. The van der Waals surface area contributed by atoms with Crippen LogP contribution < -0.4 is 0 Å². The molecule has 0 aliphatic carbocycles. The number of carboxylic acid groups (broad SMARTS) is 1. The molecule has 0 bridgehead atoms. The summed E-state index contributed by atoms with van der Waals surface area (Å²) >= 11 is 1.31. The van der Waals surface area contributed by atoms with Crippen LogP contribution in [0.4, 0.5) is 4.39 Å². The highest BCUT2D eigenvalue weighted by atomic mass is 32.2. The van der Waals surface area contributed by atoms with Crippen LogP contribution in [-0.4, -0.2) is 11.1 Å². The van der Waals surface area contributed by atoms with Gasteiger partial charge in [0.15, 0.2) is 0 Å². The lowest BCUT2D eigenvalue weighted by Crippen LogP contribution is -1.91. The van der Waals surface area contributed by atoms with Crippen LogP contribution in [0.1, 0.15) is 21.9 Å². The Kier molecular flexibility index (Phi) is 3.72. The molecule has 0 saturated heterocycles. The van der Waals surface area contributed by atoms with E-state index in [1.165, 1.54) is 23.9 Å². The van der Waals surface area contributed by atoms with E-state index in [0.717, 1.165) is 5.56 Å². The molecule has 0 saturated carbocycles. The molecule has 0 amide bonds. The summed E-state index contributed by atoms with van der Waals surface area (Å²) in [5.41, 5.74) is 0.764. The van der Waals surface area contributed by atoms with Gasteiger partial charge >= 0.3 is 5.97 Å². The third kappa shape index (κ3) is 2.73. The van der Waals surface area contributed by atoms with E-state index in [1.807, 2.05) is 0 Å². The van der Waals surface area contributed by atoms with Crippen molar-refractivity contribution in [3.63, 3.8) is 0 Å². The molecule has 2 rings (SSSR count). The Labute approximate surface area is 108 Å². The first-order valence-electron chi connectivity index (χ1n) is 5.28. The van der Waals surface area contributed by atoms with Gasteiger partial charge in [-0.25, -0.2) is 9.18 Å². The van der Waals surface area contributed by atoms with Crippen molar-refractivity contribution in [2.24, 2.45) is 0 Å². The van der Waals surface area contributed by atoms with Gasteiger partial charge < -0.3 is 9.52 Å². The minimum Gasteiger partial charge on any atom is -0.475 e. The summed E-state index contributed by atoms with van der Waals surface area (Å²) in [5.74, 6) is -0.431. The molecule has 0 radical (unpaired) electrons. The maximum Gasteiger partial charge on any atom is 0.371 e. The van der Waals surface area contributed by atoms with Crippen LogP contribution in [0.25, 0.3) is 0 Å². The number of rotatable bonds is 4. The van der Waals surface area contributed by atoms with Crippen LogP contribution in [0.3, 0.4) is 0 Å². The Morgan fingerprint density at radius 3 is 2.78 bits per heavy atom. The van der Waals surface area contributed by atoms with E-state index in [-0.39, 0.29) is 11.6 Å². The maximum absolute atomic E-state index is 13.4. The topological polar surface area (TPSA) is 50.4 Å². The highest BCUT2D eigenvalue weighted by molar-refractivity contribution is 7.98. The van der Waals surface area contributed by atoms with E-state index < -0.39 is 5.97 Å². The molecule has 0 fully saturated rings. The third-order valence-corrected chi connectivity index (χ3v) is 3.55. The summed E-state index contributed by atoms with van der Waals surface area (Å²) in [7, 11) is 0. The average molecular weight is 266 g/mol. The number of hydrogen-bond donors (Lipinski definition) is 1. The van der Waals surface area contributed by atoms with Gasteiger partial charge in [0, 0.05) is 16.2 Å². The van der Waals surface area contributed by atoms with Crippen LogP contribution in [-0.2, 0) is 5.75 Å². The summed E-state index contributed by atoms with van der Waals surface area (Å²) in [5, 5.41) is 8.79. The lowest BCUT2D eigenvalue weighted by Gasteiger charge is -2.01. The Morgan fingerprint density at radius 1 is 1.44 bits per heavy atom. The van der Waals surface area contributed by atoms with Crippen molar-refractivity contribution in [3.8, 4) is 0 Å². The van der Waals surface area contributed by atoms with Crippen molar-refractivity contribution in [1.82, 2.24) is 0 Å². The normalized spacial score (nSPS) is 10.6. The molecule has 1 aromatic carbocycles. The number of benzene rings is 1. The maximum atomic E-state index is 13.4. The highest BCUT2D eigenvalue weighted by Gasteiger charge is 2.13. The molecule has 0 atom stereocenters. The first-order valence-corrected chi connectivity index (χ1v) is 6.26. The quantitative estimate of drug-likeness (QED) is 0.857. The predicted octanol–water partition coefficient (Wildman–Crippen LogP) is 3.72. The molecule has 3 nitrogen and oxygen atoms in total. The summed E-state index contributed by atoms with van der Waals surface area (Å²) in [6.45, 7) is 1.70. The first-order chi connectivity index (χ1) is 8.58. The zero-order valence-electron chi connectivity index (χ0n) is 9.64. The van der Waals surface area contributed by atoms with Crippen LogP contribution in [0, 0.1) is 12.7 Å². The van der Waals surface area contributed by atoms with Gasteiger partial charge in [0.25, 0.3) is 0 Å². The number of carboxylic acids is 1. The minimum absolute atomic E-state index is 0.0865. The summed E-state index contributed by atoms with van der Waals surface area (Å²) in [6, 6.07) is 7.95. The SMILES string of the molecule is Cc1oc(C(=O)O)cc1CSc1ccccc1F. The fourth-order valence-corrected chi connectivity index (χ4v) is 2.46. The van der Waals surface area contributed by atoms with Crippen LogP contribution in [0.15, 0.2) is 39.6 Å². The van der Waals surface area contributed by atoms with E-state index in [2.05, 4.69) is 0 Å². The Balaban J connectivity index is 2.11. The Morgan fingerprint density at radius 2 is 2.17 bits per heavy atom. The van der Waals surface area contributed by atoms with E-state index in [9.17, 15) is 9.18 Å². The molecule has 2 aromatic rings. The zero-order chi connectivity index (χ0) is 13.1. The number of aromatic carboxylic acids is 1. The Hall–Kier alpha value is -1.75.